The van der Waals surface area contributed by atoms with Gasteiger partial charge < -0.3 is 15.2 Å². The first-order valence-electron chi connectivity index (χ1n) is 7.45. The minimum Gasteiger partial charge on any atom is -0.353 e. The molecule has 0 bridgehead atoms. The minimum absolute atomic E-state index is 0. The van der Waals surface area contributed by atoms with E-state index in [2.05, 4.69) is 37.9 Å². The number of hydrogen-bond donors (Lipinski definition) is 2. The van der Waals surface area contributed by atoms with Crippen molar-refractivity contribution in [1.29, 1.82) is 0 Å². The van der Waals surface area contributed by atoms with Crippen molar-refractivity contribution in [2.45, 2.75) is 25.4 Å². The Kier molecular flexibility index (Phi) is 7.04. The molecule has 0 fully saturated rings. The van der Waals surface area contributed by atoms with E-state index in [4.69, 9.17) is 16.1 Å². The van der Waals surface area contributed by atoms with E-state index >= 15 is 0 Å². The normalized spacial score (nSPS) is 14.5. The molecule has 0 unspecified atom stereocenters. The van der Waals surface area contributed by atoms with Crippen molar-refractivity contribution in [2.24, 2.45) is 4.99 Å². The third-order valence-electron chi connectivity index (χ3n) is 3.53. The highest BCUT2D eigenvalue weighted by Gasteiger charge is 2.13. The molecule has 1 aliphatic rings. The monoisotopic (exact) mass is 459 g/mol. The molecule has 128 valence electrons. The van der Waals surface area contributed by atoms with Crippen LogP contribution in [0.1, 0.15) is 18.7 Å². The fourth-order valence-corrected chi connectivity index (χ4v) is 2.54. The Morgan fingerprint density at radius 1 is 1.38 bits per heavy atom. The van der Waals surface area contributed by atoms with Gasteiger partial charge in [0.15, 0.2) is 5.96 Å². The van der Waals surface area contributed by atoms with E-state index < -0.39 is 0 Å². The van der Waals surface area contributed by atoms with E-state index in [1.165, 1.54) is 0 Å². The zero-order valence-corrected chi connectivity index (χ0v) is 16.3. The van der Waals surface area contributed by atoms with Gasteiger partial charge in [-0.25, -0.2) is 0 Å². The van der Waals surface area contributed by atoms with Crippen LogP contribution in [0, 0.1) is 0 Å². The van der Waals surface area contributed by atoms with Crippen LogP contribution in [0.2, 0.25) is 5.02 Å². The van der Waals surface area contributed by atoms with E-state index in [0.717, 1.165) is 24.4 Å². The van der Waals surface area contributed by atoms with Crippen molar-refractivity contribution in [3.8, 4) is 11.4 Å². The topological polar surface area (TPSA) is 75.3 Å². The summed E-state index contributed by atoms with van der Waals surface area (Å²) >= 11 is 5.98. The molecule has 0 aliphatic heterocycles. The third-order valence-corrected chi connectivity index (χ3v) is 3.77. The Labute approximate surface area is 162 Å². The van der Waals surface area contributed by atoms with Crippen LogP contribution in [0.25, 0.3) is 11.4 Å². The molecule has 24 heavy (non-hydrogen) atoms. The molecule has 6 nitrogen and oxygen atoms in total. The van der Waals surface area contributed by atoms with Gasteiger partial charge in [-0.15, -0.1) is 24.0 Å². The molecule has 1 heterocycles. The summed E-state index contributed by atoms with van der Waals surface area (Å²) in [7, 11) is 1.74. The van der Waals surface area contributed by atoms with Crippen molar-refractivity contribution in [1.82, 2.24) is 20.8 Å². The summed E-state index contributed by atoms with van der Waals surface area (Å²) in [6.45, 7) is 0.410. The highest BCUT2D eigenvalue weighted by molar-refractivity contribution is 14.0. The predicted octanol–water partition coefficient (Wildman–Crippen LogP) is 3.39. The van der Waals surface area contributed by atoms with Crippen molar-refractivity contribution in [3.05, 3.63) is 47.3 Å². The Hall–Kier alpha value is -1.61. The van der Waals surface area contributed by atoms with Gasteiger partial charge in [-0.1, -0.05) is 41.0 Å². The lowest BCUT2D eigenvalue weighted by Crippen LogP contribution is -2.42. The Bertz CT molecular complexity index is 723. The van der Waals surface area contributed by atoms with Crippen LogP contribution in [-0.4, -0.2) is 29.2 Å². The fourth-order valence-electron chi connectivity index (χ4n) is 2.35. The maximum absolute atomic E-state index is 5.98. The van der Waals surface area contributed by atoms with Gasteiger partial charge in [0.1, 0.15) is 0 Å². The molecule has 1 aliphatic carbocycles. The van der Waals surface area contributed by atoms with Crippen LogP contribution in [0.5, 0.6) is 0 Å². The van der Waals surface area contributed by atoms with Crippen molar-refractivity contribution < 1.29 is 4.52 Å². The van der Waals surface area contributed by atoms with Gasteiger partial charge in [-0.05, 0) is 25.0 Å². The highest BCUT2D eigenvalue weighted by atomic mass is 127. The summed E-state index contributed by atoms with van der Waals surface area (Å²) in [6, 6.07) is 7.75. The number of rotatable bonds is 4. The maximum Gasteiger partial charge on any atom is 0.246 e. The molecule has 1 aromatic heterocycles. The molecule has 0 spiro atoms. The van der Waals surface area contributed by atoms with Gasteiger partial charge in [-0.2, -0.15) is 4.98 Å². The molecule has 0 amide bonds. The summed E-state index contributed by atoms with van der Waals surface area (Å²) in [4.78, 5) is 8.57. The fraction of sp³-hybridized carbons (Fsp3) is 0.312. The zero-order valence-electron chi connectivity index (χ0n) is 13.2. The van der Waals surface area contributed by atoms with E-state index in [-0.39, 0.29) is 24.0 Å². The predicted molar refractivity (Wildman–Crippen MR) is 106 cm³/mol. The lowest BCUT2D eigenvalue weighted by atomic mass is 10.2. The van der Waals surface area contributed by atoms with Crippen LogP contribution < -0.4 is 10.6 Å². The highest BCUT2D eigenvalue weighted by Crippen LogP contribution is 2.19. The first kappa shape index (κ1) is 18.7. The lowest BCUT2D eigenvalue weighted by Gasteiger charge is -2.15. The molecule has 1 aromatic carbocycles. The van der Waals surface area contributed by atoms with Crippen LogP contribution in [0.3, 0.4) is 0 Å². The van der Waals surface area contributed by atoms with E-state index in [1.54, 1.807) is 19.2 Å². The molecule has 8 heteroatoms. The average molecular weight is 460 g/mol. The smallest absolute Gasteiger partial charge is 0.246 e. The molecule has 3 rings (SSSR count). The number of nitrogens with one attached hydrogen (secondary N) is 2. The largest absolute Gasteiger partial charge is 0.353 e. The molecule has 0 atom stereocenters. The van der Waals surface area contributed by atoms with E-state index in [0.29, 0.717) is 29.3 Å². The van der Waals surface area contributed by atoms with Crippen molar-refractivity contribution in [2.75, 3.05) is 7.05 Å². The molecule has 0 radical (unpaired) electrons. The summed E-state index contributed by atoms with van der Waals surface area (Å²) in [6.07, 6.45) is 6.36. The second-order valence-corrected chi connectivity index (χ2v) is 5.67. The quantitative estimate of drug-likeness (QED) is 0.317. The van der Waals surface area contributed by atoms with Gasteiger partial charge in [0.05, 0.1) is 6.54 Å². The summed E-state index contributed by atoms with van der Waals surface area (Å²) in [5.41, 5.74) is 0.826. The SMILES string of the molecule is CN=C(NCc1nc(-c2cccc(Cl)c2)no1)NC1CC=CC1.I. The van der Waals surface area contributed by atoms with Gasteiger partial charge in [0.25, 0.3) is 0 Å². The maximum atomic E-state index is 5.98. The standard InChI is InChI=1S/C16H18ClN5O.HI/c1-18-16(20-13-7-2-3-8-13)19-10-14-21-15(22-23-14)11-5-4-6-12(17)9-11;/h2-6,9,13H,7-8,10H2,1H3,(H2,18,19,20);1H. The number of nitrogens with zero attached hydrogens (tertiary/aromatic N) is 3. The third kappa shape index (κ3) is 4.94. The van der Waals surface area contributed by atoms with E-state index in [9.17, 15) is 0 Å². The van der Waals surface area contributed by atoms with Crippen LogP contribution in [-0.2, 0) is 6.54 Å². The molecule has 2 N–H and O–H groups in total. The van der Waals surface area contributed by atoms with E-state index in [1.807, 2.05) is 12.1 Å². The van der Waals surface area contributed by atoms with Gasteiger partial charge in [-0.3, -0.25) is 4.99 Å². The second-order valence-electron chi connectivity index (χ2n) is 5.23. The molecule has 2 aromatic rings. The van der Waals surface area contributed by atoms with Crippen molar-refractivity contribution in [3.63, 3.8) is 0 Å². The van der Waals surface area contributed by atoms with Crippen LogP contribution in [0.15, 0.2) is 45.9 Å². The number of guanidine groups is 1. The first-order valence-corrected chi connectivity index (χ1v) is 7.83. The Morgan fingerprint density at radius 3 is 2.88 bits per heavy atom. The summed E-state index contributed by atoms with van der Waals surface area (Å²) in [5.74, 6) is 1.74. The van der Waals surface area contributed by atoms with Gasteiger partial charge >= 0.3 is 0 Å². The van der Waals surface area contributed by atoms with Gasteiger partial charge in [0, 0.05) is 23.7 Å². The Balaban J connectivity index is 0.00000208. The van der Waals surface area contributed by atoms with Crippen LogP contribution in [0.4, 0.5) is 0 Å². The molecule has 0 saturated heterocycles. The lowest BCUT2D eigenvalue weighted by molar-refractivity contribution is 0.375. The average Bonchev–Trinajstić information content (AvgIpc) is 3.23. The number of benzene rings is 1. The Morgan fingerprint density at radius 2 is 2.17 bits per heavy atom. The number of aliphatic imine (C=N–C) groups is 1. The van der Waals surface area contributed by atoms with Crippen LogP contribution >= 0.6 is 35.6 Å². The molecular formula is C16H19ClIN5O. The first-order chi connectivity index (χ1) is 11.2. The number of aromatic nitrogens is 2. The minimum atomic E-state index is 0. The summed E-state index contributed by atoms with van der Waals surface area (Å²) in [5, 5.41) is 11.1. The second kappa shape index (κ2) is 9.03. The number of hydrogen-bond acceptors (Lipinski definition) is 4. The molecular weight excluding hydrogens is 441 g/mol. The van der Waals surface area contributed by atoms with Gasteiger partial charge in [0.2, 0.25) is 11.7 Å². The number of halogens is 2. The molecule has 0 saturated carbocycles. The van der Waals surface area contributed by atoms with Crippen molar-refractivity contribution >= 4 is 41.5 Å². The summed E-state index contributed by atoms with van der Waals surface area (Å²) < 4.78 is 5.26. The zero-order chi connectivity index (χ0) is 16.1.